The van der Waals surface area contributed by atoms with Gasteiger partial charge in [-0.1, -0.05) is 30.3 Å². The van der Waals surface area contributed by atoms with Crippen LogP contribution in [0.5, 0.6) is 5.75 Å². The van der Waals surface area contributed by atoms with Gasteiger partial charge in [-0.2, -0.15) is 23.5 Å². The van der Waals surface area contributed by atoms with E-state index < -0.39 is 17.8 Å². The number of halogens is 3. The van der Waals surface area contributed by atoms with Crippen molar-refractivity contribution in [1.29, 1.82) is 5.26 Å². The fraction of sp³-hybridized carbons (Fsp3) is 0.233. The lowest BCUT2D eigenvalue weighted by Gasteiger charge is -2.29. The number of anilines is 1. The van der Waals surface area contributed by atoms with Crippen LogP contribution in [0, 0.1) is 11.3 Å². The summed E-state index contributed by atoms with van der Waals surface area (Å²) in [7, 11) is 3.67. The van der Waals surface area contributed by atoms with Gasteiger partial charge in [-0.3, -0.25) is 9.69 Å². The van der Waals surface area contributed by atoms with Crippen molar-refractivity contribution in [3.05, 3.63) is 107 Å². The molecule has 1 amide bonds. The van der Waals surface area contributed by atoms with Crippen molar-refractivity contribution in [1.82, 2.24) is 14.7 Å². The summed E-state index contributed by atoms with van der Waals surface area (Å²) in [5, 5.41) is 15.6. The summed E-state index contributed by atoms with van der Waals surface area (Å²) in [4.78, 5) is 15.6. The van der Waals surface area contributed by atoms with Crippen LogP contribution in [0.15, 0.2) is 78.9 Å². The number of hydrogen-bond donors (Lipinski definition) is 1. The number of alkyl halides is 3. The topological polar surface area (TPSA) is 83.2 Å². The number of amides is 1. The highest BCUT2D eigenvalue weighted by Crippen LogP contribution is 2.38. The van der Waals surface area contributed by atoms with Crippen LogP contribution in [0.25, 0.3) is 5.69 Å². The summed E-state index contributed by atoms with van der Waals surface area (Å²) in [6.07, 6.45) is -2.58. The monoisotopic (exact) mass is 545 g/mol. The molecule has 0 bridgehead atoms. The molecule has 1 fully saturated rings. The smallest absolute Gasteiger partial charge is 0.435 e. The van der Waals surface area contributed by atoms with Gasteiger partial charge in [0.2, 0.25) is 0 Å². The standard InChI is InChI=1S/C30H26F3N5O2/c1-37(23-12-13-23)28(21-8-5-11-25(16-21)40-2)20-7-4-9-22(15-20)35-29(39)26-17-27(30(31,32)33)36-38(26)24-10-3-6-19(14-24)18-34/h3-11,14-17,23,28H,12-13H2,1-2H3,(H,35,39). The number of nitriles is 1. The highest BCUT2D eigenvalue weighted by atomic mass is 19.4. The fourth-order valence-corrected chi connectivity index (χ4v) is 4.73. The second-order valence-electron chi connectivity index (χ2n) is 9.64. The van der Waals surface area contributed by atoms with Gasteiger partial charge in [-0.05, 0) is 73.5 Å². The normalized spacial score (nSPS) is 14.0. The van der Waals surface area contributed by atoms with E-state index in [1.165, 1.54) is 24.3 Å². The molecule has 40 heavy (non-hydrogen) atoms. The zero-order valence-corrected chi connectivity index (χ0v) is 21.8. The lowest BCUT2D eigenvalue weighted by Crippen LogP contribution is -2.27. The maximum absolute atomic E-state index is 13.6. The average Bonchev–Trinajstić information content (AvgIpc) is 3.70. The summed E-state index contributed by atoms with van der Waals surface area (Å²) >= 11 is 0. The van der Waals surface area contributed by atoms with Crippen LogP contribution in [0.1, 0.15) is 51.8 Å². The molecule has 5 rings (SSSR count). The minimum absolute atomic E-state index is 0.129. The maximum atomic E-state index is 13.6. The Labute approximate surface area is 229 Å². The maximum Gasteiger partial charge on any atom is 0.435 e. The highest BCUT2D eigenvalue weighted by Gasteiger charge is 2.36. The third kappa shape index (κ3) is 5.70. The van der Waals surface area contributed by atoms with Gasteiger partial charge in [-0.25, -0.2) is 4.68 Å². The van der Waals surface area contributed by atoms with Crippen molar-refractivity contribution in [2.75, 3.05) is 19.5 Å². The first-order chi connectivity index (χ1) is 19.2. The Balaban J connectivity index is 1.49. The number of carbonyl (C=O) groups excluding carboxylic acids is 1. The first-order valence-electron chi connectivity index (χ1n) is 12.6. The van der Waals surface area contributed by atoms with E-state index in [-0.39, 0.29) is 23.0 Å². The Morgan fingerprint density at radius 3 is 2.45 bits per heavy atom. The predicted octanol–water partition coefficient (Wildman–Crippen LogP) is 6.21. The van der Waals surface area contributed by atoms with Gasteiger partial charge in [0.15, 0.2) is 5.69 Å². The van der Waals surface area contributed by atoms with Crippen molar-refractivity contribution in [2.45, 2.75) is 31.1 Å². The lowest BCUT2D eigenvalue weighted by atomic mass is 9.96. The molecule has 0 saturated heterocycles. The first-order valence-corrected chi connectivity index (χ1v) is 12.6. The van der Waals surface area contributed by atoms with Gasteiger partial charge < -0.3 is 10.1 Å². The highest BCUT2D eigenvalue weighted by molar-refractivity contribution is 6.03. The van der Waals surface area contributed by atoms with Gasteiger partial charge in [-0.15, -0.1) is 0 Å². The molecule has 0 aliphatic heterocycles. The number of ether oxygens (including phenoxy) is 1. The lowest BCUT2D eigenvalue weighted by molar-refractivity contribution is -0.141. The van der Waals surface area contributed by atoms with Crippen LogP contribution in [0.4, 0.5) is 18.9 Å². The van der Waals surface area contributed by atoms with E-state index in [4.69, 9.17) is 4.74 Å². The Hall–Kier alpha value is -4.62. The SMILES string of the molecule is COc1cccc(C(c2cccc(NC(=O)c3cc(C(F)(F)F)nn3-c3cccc(C#N)c3)c2)N(C)C2CC2)c1. The molecule has 204 valence electrons. The zero-order valence-electron chi connectivity index (χ0n) is 21.8. The van der Waals surface area contributed by atoms with Crippen molar-refractivity contribution in [2.24, 2.45) is 0 Å². The number of carbonyl (C=O) groups is 1. The van der Waals surface area contributed by atoms with Gasteiger partial charge >= 0.3 is 6.18 Å². The molecule has 1 atom stereocenters. The number of methoxy groups -OCH3 is 1. The summed E-state index contributed by atoms with van der Waals surface area (Å²) in [6, 6.07) is 23.9. The van der Waals surface area contributed by atoms with Gasteiger partial charge in [0.1, 0.15) is 11.4 Å². The molecule has 0 spiro atoms. The van der Waals surface area contributed by atoms with E-state index in [0.29, 0.717) is 17.8 Å². The van der Waals surface area contributed by atoms with Crippen molar-refractivity contribution < 1.29 is 22.7 Å². The van der Waals surface area contributed by atoms with Crippen LogP contribution >= 0.6 is 0 Å². The first kappa shape index (κ1) is 27.0. The van der Waals surface area contributed by atoms with E-state index in [2.05, 4.69) is 22.4 Å². The fourth-order valence-electron chi connectivity index (χ4n) is 4.73. The molecule has 1 aliphatic rings. The molecular formula is C30H26F3N5O2. The molecule has 1 aromatic heterocycles. The second kappa shape index (κ2) is 10.9. The molecular weight excluding hydrogens is 519 g/mol. The van der Waals surface area contributed by atoms with Crippen molar-refractivity contribution in [3.8, 4) is 17.5 Å². The quantitative estimate of drug-likeness (QED) is 0.285. The Bertz CT molecular complexity index is 1590. The van der Waals surface area contributed by atoms with E-state index >= 15 is 0 Å². The minimum Gasteiger partial charge on any atom is -0.497 e. The predicted molar refractivity (Wildman–Crippen MR) is 143 cm³/mol. The molecule has 7 nitrogen and oxygen atoms in total. The van der Waals surface area contributed by atoms with Gasteiger partial charge in [0.25, 0.3) is 5.91 Å². The molecule has 1 aliphatic carbocycles. The number of rotatable bonds is 8. The van der Waals surface area contributed by atoms with Crippen LogP contribution in [-0.4, -0.2) is 40.8 Å². The molecule has 10 heteroatoms. The minimum atomic E-state index is -4.76. The number of hydrogen-bond acceptors (Lipinski definition) is 5. The number of aromatic nitrogens is 2. The largest absolute Gasteiger partial charge is 0.497 e. The van der Waals surface area contributed by atoms with E-state index in [1.807, 2.05) is 42.5 Å². The Morgan fingerprint density at radius 2 is 1.77 bits per heavy atom. The van der Waals surface area contributed by atoms with E-state index in [9.17, 15) is 23.2 Å². The third-order valence-electron chi connectivity index (χ3n) is 6.85. The number of nitrogens with one attached hydrogen (secondary N) is 1. The molecule has 1 N–H and O–H groups in total. The summed E-state index contributed by atoms with van der Waals surface area (Å²) < 4.78 is 47.0. The molecule has 1 heterocycles. The van der Waals surface area contributed by atoms with Crippen molar-refractivity contribution >= 4 is 11.6 Å². The number of benzene rings is 3. The van der Waals surface area contributed by atoms with Crippen LogP contribution in [0.2, 0.25) is 0 Å². The molecule has 0 radical (unpaired) electrons. The van der Waals surface area contributed by atoms with E-state index in [1.54, 1.807) is 19.2 Å². The number of nitrogens with zero attached hydrogens (tertiary/aromatic N) is 4. The van der Waals surface area contributed by atoms with Crippen LogP contribution in [0.3, 0.4) is 0 Å². The molecule has 3 aromatic carbocycles. The van der Waals surface area contributed by atoms with Crippen molar-refractivity contribution in [3.63, 3.8) is 0 Å². The van der Waals surface area contributed by atoms with E-state index in [0.717, 1.165) is 34.4 Å². The van der Waals surface area contributed by atoms with Crippen LogP contribution in [-0.2, 0) is 6.18 Å². The summed E-state index contributed by atoms with van der Waals surface area (Å²) in [6.45, 7) is 0. The molecule has 1 unspecified atom stereocenters. The summed E-state index contributed by atoms with van der Waals surface area (Å²) in [5.74, 6) is -0.0404. The molecule has 1 saturated carbocycles. The summed E-state index contributed by atoms with van der Waals surface area (Å²) in [5.41, 5.74) is 1.22. The van der Waals surface area contributed by atoms with Gasteiger partial charge in [0, 0.05) is 17.8 Å². The third-order valence-corrected chi connectivity index (χ3v) is 6.85. The average molecular weight is 546 g/mol. The Kier molecular flexibility index (Phi) is 7.32. The molecule has 4 aromatic rings. The zero-order chi connectivity index (χ0) is 28.4. The Morgan fingerprint density at radius 1 is 1.07 bits per heavy atom. The van der Waals surface area contributed by atoms with Crippen LogP contribution < -0.4 is 10.1 Å². The second-order valence-corrected chi connectivity index (χ2v) is 9.64. The van der Waals surface area contributed by atoms with Gasteiger partial charge in [0.05, 0.1) is 30.5 Å².